The van der Waals surface area contributed by atoms with Crippen LogP contribution in [0.4, 0.5) is 14.5 Å². The number of carbonyl (C=O) groups is 2. The SMILES string of the molecule is CCN1C(=O)CC(C2=CC3=NN(C)C(O)N3C=C2)c2ccc(C(=O)N3CCC(F)(F)CC3)cc21. The summed E-state index contributed by atoms with van der Waals surface area (Å²) in [5.41, 5.74) is 2.86. The van der Waals surface area contributed by atoms with E-state index in [0.717, 1.165) is 11.1 Å². The van der Waals surface area contributed by atoms with Crippen molar-refractivity contribution in [1.29, 1.82) is 0 Å². The second-order valence-corrected chi connectivity index (χ2v) is 9.06. The molecule has 5 rings (SSSR count). The first kappa shape index (κ1) is 22.5. The number of nitrogens with zero attached hydrogens (tertiary/aromatic N) is 5. The lowest BCUT2D eigenvalue weighted by atomic mass is 9.82. The van der Waals surface area contributed by atoms with E-state index in [1.807, 2.05) is 25.1 Å². The van der Waals surface area contributed by atoms with Crippen molar-refractivity contribution in [3.05, 3.63) is 53.3 Å². The molecule has 180 valence electrons. The number of benzene rings is 1. The predicted molar refractivity (Wildman–Crippen MR) is 122 cm³/mol. The number of alkyl halides is 2. The molecule has 10 heteroatoms. The summed E-state index contributed by atoms with van der Waals surface area (Å²) >= 11 is 0. The van der Waals surface area contributed by atoms with Gasteiger partial charge in [0, 0.05) is 69.3 Å². The highest BCUT2D eigenvalue weighted by atomic mass is 19.3. The lowest BCUT2D eigenvalue weighted by Gasteiger charge is -2.36. The molecule has 2 atom stereocenters. The number of aliphatic hydroxyl groups excluding tert-OH is 1. The third kappa shape index (κ3) is 3.75. The summed E-state index contributed by atoms with van der Waals surface area (Å²) in [6.45, 7) is 2.36. The molecule has 4 aliphatic heterocycles. The molecule has 2 amide bonds. The Bertz CT molecular complexity index is 1120. The molecule has 4 aliphatic rings. The first-order valence-electron chi connectivity index (χ1n) is 11.5. The smallest absolute Gasteiger partial charge is 0.253 e. The quantitative estimate of drug-likeness (QED) is 0.734. The van der Waals surface area contributed by atoms with E-state index in [4.69, 9.17) is 0 Å². The molecule has 8 nitrogen and oxygen atoms in total. The summed E-state index contributed by atoms with van der Waals surface area (Å²) in [5.74, 6) is -2.71. The van der Waals surface area contributed by atoms with E-state index in [-0.39, 0.29) is 50.1 Å². The minimum Gasteiger partial charge on any atom is -0.355 e. The van der Waals surface area contributed by atoms with Crippen molar-refractivity contribution in [1.82, 2.24) is 14.8 Å². The molecular formula is C24H27F2N5O3. The monoisotopic (exact) mass is 471 g/mol. The molecule has 0 radical (unpaired) electrons. The molecule has 0 spiro atoms. The minimum absolute atomic E-state index is 0.0125. The van der Waals surface area contributed by atoms with E-state index in [1.165, 1.54) is 9.91 Å². The Morgan fingerprint density at radius 2 is 2.00 bits per heavy atom. The molecule has 0 aromatic heterocycles. The number of amidine groups is 1. The molecule has 0 bridgehead atoms. The number of anilines is 1. The third-order valence-electron chi connectivity index (χ3n) is 6.96. The van der Waals surface area contributed by atoms with Gasteiger partial charge in [0.1, 0.15) is 0 Å². The van der Waals surface area contributed by atoms with Crippen molar-refractivity contribution < 1.29 is 23.5 Å². The highest BCUT2D eigenvalue weighted by Gasteiger charge is 2.38. The molecule has 1 N–H and O–H groups in total. The summed E-state index contributed by atoms with van der Waals surface area (Å²) in [7, 11) is 1.68. The Kier molecular flexibility index (Phi) is 5.43. The molecule has 2 unspecified atom stereocenters. The summed E-state index contributed by atoms with van der Waals surface area (Å²) in [5, 5.41) is 16.0. The maximum Gasteiger partial charge on any atom is 0.253 e. The van der Waals surface area contributed by atoms with E-state index in [9.17, 15) is 23.5 Å². The number of rotatable bonds is 3. The Morgan fingerprint density at radius 3 is 2.71 bits per heavy atom. The van der Waals surface area contributed by atoms with Gasteiger partial charge in [-0.2, -0.15) is 5.10 Å². The zero-order valence-electron chi connectivity index (χ0n) is 19.1. The third-order valence-corrected chi connectivity index (χ3v) is 6.96. The first-order valence-corrected chi connectivity index (χ1v) is 11.5. The summed E-state index contributed by atoms with van der Waals surface area (Å²) in [6, 6.07) is 5.29. The molecule has 1 fully saturated rings. The number of likely N-dealkylation sites (tertiary alicyclic amines) is 1. The molecule has 34 heavy (non-hydrogen) atoms. The van der Waals surface area contributed by atoms with Crippen LogP contribution in [-0.4, -0.2) is 76.5 Å². The van der Waals surface area contributed by atoms with Gasteiger partial charge in [0.15, 0.2) is 5.84 Å². The van der Waals surface area contributed by atoms with Crippen LogP contribution in [0.5, 0.6) is 0 Å². The molecule has 1 aromatic carbocycles. The molecule has 0 saturated carbocycles. The van der Waals surface area contributed by atoms with Crippen LogP contribution in [0.15, 0.2) is 47.2 Å². The second-order valence-electron chi connectivity index (χ2n) is 9.06. The van der Waals surface area contributed by atoms with E-state index < -0.39 is 12.3 Å². The number of hydrazone groups is 1. The standard InChI is InChI=1S/C24H27F2N5O3/c1-3-30-19-12-16(22(33)29-10-7-24(25,26)8-11-29)4-5-17(19)18(14-21(30)32)15-6-9-31-20(13-15)27-28(2)23(31)34/h4-6,9,12-13,18,23,34H,3,7-8,10-11,14H2,1-2H3. The zero-order chi connectivity index (χ0) is 24.2. The van der Waals surface area contributed by atoms with Gasteiger partial charge in [0.2, 0.25) is 12.3 Å². The molecule has 1 saturated heterocycles. The number of carbonyl (C=O) groups excluding carboxylic acids is 2. The van der Waals surface area contributed by atoms with Crippen LogP contribution in [-0.2, 0) is 4.79 Å². The van der Waals surface area contributed by atoms with Crippen LogP contribution in [0.2, 0.25) is 0 Å². The van der Waals surface area contributed by atoms with Crippen molar-refractivity contribution in [3.63, 3.8) is 0 Å². The average Bonchev–Trinajstić information content (AvgIpc) is 3.10. The van der Waals surface area contributed by atoms with Gasteiger partial charge in [-0.1, -0.05) is 6.07 Å². The topological polar surface area (TPSA) is 79.7 Å². The van der Waals surface area contributed by atoms with Crippen LogP contribution in [0.1, 0.15) is 48.0 Å². The largest absolute Gasteiger partial charge is 0.355 e. The van der Waals surface area contributed by atoms with Crippen molar-refractivity contribution in [3.8, 4) is 0 Å². The lowest BCUT2D eigenvalue weighted by Crippen LogP contribution is -2.43. The normalized spacial score (nSPS) is 25.7. The summed E-state index contributed by atoms with van der Waals surface area (Å²) in [4.78, 5) is 30.8. The van der Waals surface area contributed by atoms with Crippen LogP contribution in [0.3, 0.4) is 0 Å². The van der Waals surface area contributed by atoms with Gasteiger partial charge >= 0.3 is 0 Å². The van der Waals surface area contributed by atoms with Crippen LogP contribution in [0, 0.1) is 0 Å². The fourth-order valence-electron chi connectivity index (χ4n) is 5.00. The van der Waals surface area contributed by atoms with E-state index in [1.54, 1.807) is 35.2 Å². The molecule has 4 heterocycles. The number of piperidine rings is 1. The van der Waals surface area contributed by atoms with Crippen molar-refractivity contribution in [2.24, 2.45) is 5.10 Å². The molecule has 0 aliphatic carbocycles. The number of allylic oxidation sites excluding steroid dienone is 2. The van der Waals surface area contributed by atoms with Gasteiger partial charge in [0.05, 0.1) is 0 Å². The van der Waals surface area contributed by atoms with Crippen molar-refractivity contribution >= 4 is 23.3 Å². The number of fused-ring (bicyclic) bond motifs is 2. The summed E-state index contributed by atoms with van der Waals surface area (Å²) < 4.78 is 27.1. The van der Waals surface area contributed by atoms with Crippen LogP contribution >= 0.6 is 0 Å². The zero-order valence-corrected chi connectivity index (χ0v) is 19.1. The lowest BCUT2D eigenvalue weighted by molar-refractivity contribution is -0.119. The van der Waals surface area contributed by atoms with E-state index in [0.29, 0.717) is 23.6 Å². The van der Waals surface area contributed by atoms with Gasteiger partial charge in [-0.05, 0) is 42.3 Å². The van der Waals surface area contributed by atoms with Gasteiger partial charge < -0.3 is 14.9 Å². The number of hydrogen-bond acceptors (Lipinski definition) is 6. The maximum atomic E-state index is 13.5. The van der Waals surface area contributed by atoms with Crippen LogP contribution in [0.25, 0.3) is 0 Å². The average molecular weight is 472 g/mol. The highest BCUT2D eigenvalue weighted by Crippen LogP contribution is 2.42. The number of hydrogen-bond donors (Lipinski definition) is 1. The Hall–Kier alpha value is -3.27. The minimum atomic E-state index is -2.73. The van der Waals surface area contributed by atoms with Crippen molar-refractivity contribution in [2.75, 3.05) is 31.6 Å². The maximum absolute atomic E-state index is 13.5. The first-order chi connectivity index (χ1) is 16.2. The van der Waals surface area contributed by atoms with Gasteiger partial charge in [-0.3, -0.25) is 19.5 Å². The number of aliphatic hydroxyl groups is 1. The Balaban J connectivity index is 1.47. The van der Waals surface area contributed by atoms with Crippen LogP contribution < -0.4 is 4.90 Å². The Labute approximate surface area is 196 Å². The highest BCUT2D eigenvalue weighted by molar-refractivity contribution is 6.02. The Morgan fingerprint density at radius 1 is 1.26 bits per heavy atom. The predicted octanol–water partition coefficient (Wildman–Crippen LogP) is 2.69. The van der Waals surface area contributed by atoms with Gasteiger partial charge in [-0.25, -0.2) is 8.78 Å². The number of amides is 2. The fourth-order valence-corrected chi connectivity index (χ4v) is 5.00. The van der Waals surface area contributed by atoms with Gasteiger partial charge in [0.25, 0.3) is 11.8 Å². The van der Waals surface area contributed by atoms with Crippen molar-refractivity contribution in [2.45, 2.75) is 44.4 Å². The second kappa shape index (κ2) is 8.19. The summed E-state index contributed by atoms with van der Waals surface area (Å²) in [6.07, 6.45) is 4.22. The fraction of sp³-hybridized carbons (Fsp3) is 0.458. The van der Waals surface area contributed by atoms with Gasteiger partial charge in [-0.15, -0.1) is 0 Å². The van der Waals surface area contributed by atoms with E-state index in [2.05, 4.69) is 5.10 Å². The molecular weight excluding hydrogens is 444 g/mol. The molecule has 1 aromatic rings. The number of halogens is 2. The van der Waals surface area contributed by atoms with E-state index >= 15 is 0 Å².